The minimum Gasteiger partial charge on any atom is -0.456 e. The average molecular weight is 808 g/mol. The number of fused-ring (bicyclic) bond motifs is 5. The molecule has 3 unspecified atom stereocenters. The number of carbonyl (C=O) groups excluding carboxylic acids is 5. The zero-order valence-corrected chi connectivity index (χ0v) is 33.9. The Labute approximate surface area is 336 Å². The van der Waals surface area contributed by atoms with E-state index < -0.39 is 112 Å². The number of benzene rings is 2. The van der Waals surface area contributed by atoms with Crippen molar-refractivity contribution in [1.29, 1.82) is 0 Å². The zero-order valence-electron chi connectivity index (χ0n) is 33.9. The molecule has 5 N–H and O–H groups in total. The molecule has 2 saturated carbocycles. The largest absolute Gasteiger partial charge is 0.456 e. The van der Waals surface area contributed by atoms with Crippen LogP contribution in [0.15, 0.2) is 71.8 Å². The van der Waals surface area contributed by atoms with E-state index in [9.17, 15) is 44.4 Å². The van der Waals surface area contributed by atoms with Gasteiger partial charge in [0.2, 0.25) is 0 Å². The van der Waals surface area contributed by atoms with Crippen LogP contribution in [0.25, 0.3) is 0 Å². The SMILES string of the molecule is CC(=O)O[C@@]12CO[C@@H]1C[C@H](O)[C@@]1(C)C(=O)[C@H](O)C3=C(C)C(OC(=O)C(O)C(NC(=O)OC(C)(C)C)c4ccccc4)C[C@@](O)([C@@H](OC(=O)c4ccccc4)[C@H]21)C3(C)C. The number of aliphatic hydroxyl groups excluding tert-OH is 3. The number of hydrogen-bond acceptors (Lipinski definition) is 14. The maximum absolute atomic E-state index is 14.9. The second-order valence-electron chi connectivity index (χ2n) is 17.6. The molecule has 3 aliphatic carbocycles. The molecule has 314 valence electrons. The van der Waals surface area contributed by atoms with Gasteiger partial charge in [0.1, 0.15) is 35.6 Å². The molecule has 15 heteroatoms. The molecule has 1 aliphatic heterocycles. The highest BCUT2D eigenvalue weighted by Gasteiger charge is 2.78. The molecule has 1 heterocycles. The van der Waals surface area contributed by atoms with Gasteiger partial charge in [0.05, 0.1) is 35.6 Å². The second-order valence-corrected chi connectivity index (χ2v) is 17.6. The van der Waals surface area contributed by atoms with Crippen molar-refractivity contribution in [2.24, 2.45) is 16.7 Å². The number of amides is 1. The van der Waals surface area contributed by atoms with Gasteiger partial charge in [0, 0.05) is 25.2 Å². The van der Waals surface area contributed by atoms with Gasteiger partial charge in [-0.15, -0.1) is 0 Å². The lowest BCUT2D eigenvalue weighted by atomic mass is 9.44. The van der Waals surface area contributed by atoms with Crippen LogP contribution in [-0.2, 0) is 38.1 Å². The predicted octanol–water partition coefficient (Wildman–Crippen LogP) is 3.26. The molecule has 15 nitrogen and oxygen atoms in total. The third-order valence-electron chi connectivity index (χ3n) is 12.6. The lowest BCUT2D eigenvalue weighted by Crippen LogP contribution is -2.81. The van der Waals surface area contributed by atoms with Crippen LogP contribution in [0.5, 0.6) is 0 Å². The van der Waals surface area contributed by atoms with Crippen molar-refractivity contribution in [1.82, 2.24) is 5.32 Å². The Hall–Kier alpha value is -4.67. The van der Waals surface area contributed by atoms with Crippen molar-refractivity contribution < 1.29 is 68.1 Å². The van der Waals surface area contributed by atoms with E-state index in [0.717, 1.165) is 6.92 Å². The molecule has 0 radical (unpaired) electrons. The Morgan fingerprint density at radius 3 is 2.10 bits per heavy atom. The summed E-state index contributed by atoms with van der Waals surface area (Å²) >= 11 is 0. The lowest BCUT2D eigenvalue weighted by molar-refractivity contribution is -0.346. The first-order valence-electron chi connectivity index (χ1n) is 19.3. The van der Waals surface area contributed by atoms with Crippen LogP contribution < -0.4 is 5.32 Å². The fourth-order valence-electron chi connectivity index (χ4n) is 9.56. The first-order chi connectivity index (χ1) is 27.0. The molecule has 0 spiro atoms. The van der Waals surface area contributed by atoms with E-state index >= 15 is 0 Å². The fourth-order valence-corrected chi connectivity index (χ4v) is 9.56. The Morgan fingerprint density at radius 1 is 0.948 bits per heavy atom. The molecule has 2 aromatic carbocycles. The Kier molecular flexibility index (Phi) is 11.2. The van der Waals surface area contributed by atoms with E-state index in [4.69, 9.17) is 23.7 Å². The van der Waals surface area contributed by atoms with Crippen LogP contribution in [0.1, 0.15) is 90.2 Å². The summed E-state index contributed by atoms with van der Waals surface area (Å²) in [5.74, 6) is -5.36. The average Bonchev–Trinajstić information content (AvgIpc) is 3.14. The van der Waals surface area contributed by atoms with Crippen molar-refractivity contribution in [3.05, 3.63) is 82.9 Å². The summed E-state index contributed by atoms with van der Waals surface area (Å²) in [5.41, 5.74) is -8.14. The Balaban J connectivity index is 1.49. The van der Waals surface area contributed by atoms with Gasteiger partial charge in [0.15, 0.2) is 17.5 Å². The molecular weight excluding hydrogens is 754 g/mol. The van der Waals surface area contributed by atoms with Crippen molar-refractivity contribution in [2.45, 2.75) is 128 Å². The van der Waals surface area contributed by atoms with Gasteiger partial charge in [-0.1, -0.05) is 62.4 Å². The number of ether oxygens (including phenoxy) is 5. The third kappa shape index (κ3) is 7.10. The minimum absolute atomic E-state index is 0.0637. The molecule has 1 amide bonds. The topological polar surface area (TPSA) is 224 Å². The summed E-state index contributed by atoms with van der Waals surface area (Å²) in [7, 11) is 0. The fraction of sp³-hybridized carbons (Fsp3) is 0.558. The first kappa shape index (κ1) is 42.9. The quantitative estimate of drug-likeness (QED) is 0.147. The predicted molar refractivity (Wildman–Crippen MR) is 204 cm³/mol. The Morgan fingerprint density at radius 2 is 1.55 bits per heavy atom. The van der Waals surface area contributed by atoms with E-state index in [1.165, 1.54) is 26.0 Å². The van der Waals surface area contributed by atoms with E-state index in [-0.39, 0.29) is 29.7 Å². The van der Waals surface area contributed by atoms with Crippen molar-refractivity contribution >= 4 is 29.8 Å². The van der Waals surface area contributed by atoms with E-state index in [0.29, 0.717) is 5.56 Å². The van der Waals surface area contributed by atoms with Crippen LogP contribution in [0.3, 0.4) is 0 Å². The normalized spacial score (nSPS) is 33.7. The van der Waals surface area contributed by atoms with Crippen molar-refractivity contribution in [2.75, 3.05) is 6.61 Å². The maximum Gasteiger partial charge on any atom is 0.408 e. The summed E-state index contributed by atoms with van der Waals surface area (Å²) in [6.07, 6.45) is -11.5. The second kappa shape index (κ2) is 15.2. The van der Waals surface area contributed by atoms with Gasteiger partial charge in [-0.2, -0.15) is 0 Å². The maximum atomic E-state index is 14.9. The number of rotatable bonds is 8. The zero-order chi connectivity index (χ0) is 42.7. The van der Waals surface area contributed by atoms with Gasteiger partial charge in [-0.25, -0.2) is 14.4 Å². The van der Waals surface area contributed by atoms with E-state index in [1.807, 2.05) is 0 Å². The van der Waals surface area contributed by atoms with Crippen molar-refractivity contribution in [3.8, 4) is 0 Å². The summed E-state index contributed by atoms with van der Waals surface area (Å²) in [5, 5.41) is 51.6. The first-order valence-corrected chi connectivity index (χ1v) is 19.3. The highest BCUT2D eigenvalue weighted by molar-refractivity contribution is 5.94. The van der Waals surface area contributed by atoms with Crippen LogP contribution in [0, 0.1) is 16.7 Å². The van der Waals surface area contributed by atoms with Crippen LogP contribution >= 0.6 is 0 Å². The molecule has 6 rings (SSSR count). The van der Waals surface area contributed by atoms with Gasteiger partial charge in [-0.05, 0) is 63.5 Å². The van der Waals surface area contributed by atoms with E-state index in [1.54, 1.807) is 83.1 Å². The van der Waals surface area contributed by atoms with E-state index in [2.05, 4.69) is 5.32 Å². The molecule has 1 saturated heterocycles. The number of ketones is 1. The molecule has 2 aromatic rings. The highest BCUT2D eigenvalue weighted by atomic mass is 16.6. The molecule has 4 aliphatic rings. The number of alkyl carbamates (subject to hydrolysis) is 1. The molecule has 2 bridgehead atoms. The van der Waals surface area contributed by atoms with Gasteiger partial charge >= 0.3 is 24.0 Å². The Bertz CT molecular complexity index is 1980. The number of carbonyl (C=O) groups is 5. The number of hydrogen-bond donors (Lipinski definition) is 5. The third-order valence-corrected chi connectivity index (χ3v) is 12.6. The van der Waals surface area contributed by atoms with Gasteiger partial charge in [-0.3, -0.25) is 9.59 Å². The monoisotopic (exact) mass is 807 g/mol. The molecule has 0 aromatic heterocycles. The molecule has 3 fully saturated rings. The summed E-state index contributed by atoms with van der Waals surface area (Å²) in [6.45, 7) is 11.8. The smallest absolute Gasteiger partial charge is 0.408 e. The van der Waals surface area contributed by atoms with Crippen molar-refractivity contribution in [3.63, 3.8) is 0 Å². The molecule has 11 atom stereocenters. The number of Topliss-reactive ketones (excluding diaryl/α,β-unsaturated/α-hetero) is 1. The highest BCUT2D eigenvalue weighted by Crippen LogP contribution is 2.64. The molecule has 58 heavy (non-hydrogen) atoms. The van der Waals surface area contributed by atoms with Gasteiger partial charge < -0.3 is 49.4 Å². The number of nitrogens with one attached hydrogen (secondary N) is 1. The molecular formula is C43H53NO14. The number of esters is 3. The summed E-state index contributed by atoms with van der Waals surface area (Å²) in [4.78, 5) is 68.9. The van der Waals surface area contributed by atoms with Crippen LogP contribution in [-0.4, -0.2) is 110 Å². The van der Waals surface area contributed by atoms with Crippen LogP contribution in [0.2, 0.25) is 0 Å². The van der Waals surface area contributed by atoms with Gasteiger partial charge in [0.25, 0.3) is 0 Å². The number of aliphatic hydroxyl groups is 4. The minimum atomic E-state index is -2.35. The summed E-state index contributed by atoms with van der Waals surface area (Å²) in [6, 6.07) is 14.6. The van der Waals surface area contributed by atoms with Crippen LogP contribution in [0.4, 0.5) is 4.79 Å². The standard InChI is InChI=1S/C43H53NO14/c1-22-26(55-37(51)32(48)30(24-15-11-9-12-16-24)44-38(52)58-39(3,4)5)20-43(53)35(56-36(50)25-17-13-10-14-18-25)33-41(8,34(49)31(47)29(22)40(43,6)7)27(46)19-28-42(33,21-54-28)57-23(2)45/h9-18,26-28,30-33,35,46-48,53H,19-21H2,1-8H3,(H,44,52)/t26?,27-,28+,30?,31+,32?,33-,35-,41+,42-,43+/m0/s1. The summed E-state index contributed by atoms with van der Waals surface area (Å²) < 4.78 is 29.5. The lowest BCUT2D eigenvalue weighted by Gasteiger charge is -2.67.